The second-order valence-electron chi connectivity index (χ2n) is 12.2. The molecule has 0 radical (unpaired) electrons. The van der Waals surface area contributed by atoms with Crippen LogP contribution in [0.3, 0.4) is 0 Å². The van der Waals surface area contributed by atoms with Crippen molar-refractivity contribution >= 4 is 28.1 Å². The molecule has 0 bridgehead atoms. The third-order valence-electron chi connectivity index (χ3n) is 9.15. The topological polar surface area (TPSA) is 48.0 Å². The van der Waals surface area contributed by atoms with E-state index in [-0.39, 0.29) is 5.41 Å². The summed E-state index contributed by atoms with van der Waals surface area (Å²) in [6.07, 6.45) is 4.65. The van der Waals surface area contributed by atoms with Crippen LogP contribution in [0.2, 0.25) is 0 Å². The van der Waals surface area contributed by atoms with E-state index < -0.39 is 0 Å². The van der Waals surface area contributed by atoms with Crippen molar-refractivity contribution in [2.24, 2.45) is 0 Å². The van der Waals surface area contributed by atoms with Crippen LogP contribution in [-0.2, 0) is 10.2 Å². The van der Waals surface area contributed by atoms with Crippen LogP contribution < -0.4 is 14.7 Å². The van der Waals surface area contributed by atoms with Gasteiger partial charge >= 0.3 is 0 Å². The van der Waals surface area contributed by atoms with E-state index in [1.807, 2.05) is 0 Å². The number of para-hydroxylation sites is 1. The van der Waals surface area contributed by atoms with E-state index in [0.717, 1.165) is 82.5 Å². The molecule has 3 heterocycles. The zero-order chi connectivity index (χ0) is 27.0. The number of fused-ring (bicyclic) bond motifs is 1. The minimum absolute atomic E-state index is 0.138. The van der Waals surface area contributed by atoms with Gasteiger partial charge in [0, 0.05) is 82.6 Å². The molecule has 0 atom stereocenters. The number of benzene rings is 2. The molecule has 39 heavy (non-hydrogen) atoms. The first-order valence-corrected chi connectivity index (χ1v) is 14.8. The molecule has 0 amide bonds. The first-order valence-electron chi connectivity index (χ1n) is 14.8. The van der Waals surface area contributed by atoms with Crippen LogP contribution in [0, 0.1) is 0 Å². The van der Waals surface area contributed by atoms with E-state index in [1.165, 1.54) is 35.2 Å². The van der Waals surface area contributed by atoms with Crippen molar-refractivity contribution in [1.82, 2.24) is 14.9 Å². The van der Waals surface area contributed by atoms with E-state index >= 15 is 0 Å². The van der Waals surface area contributed by atoms with Gasteiger partial charge in [-0.3, -0.25) is 4.90 Å². The highest BCUT2D eigenvalue weighted by molar-refractivity contribution is 5.92. The highest BCUT2D eigenvalue weighted by Crippen LogP contribution is 2.47. The molecule has 3 fully saturated rings. The Bertz CT molecular complexity index is 1290. The first-order chi connectivity index (χ1) is 18.9. The van der Waals surface area contributed by atoms with Gasteiger partial charge in [-0.1, -0.05) is 25.1 Å². The number of anilines is 3. The Morgan fingerprint density at radius 2 is 1.69 bits per heavy atom. The van der Waals surface area contributed by atoms with Crippen molar-refractivity contribution in [1.29, 1.82) is 0 Å². The SMILES string of the molecule is CN(C)c1ccccc1C1CCN(c2nc(C3(C)CC3)nc3ccc(N(C)CCN4CCOCC4)cc23)CC1. The quantitative estimate of drug-likeness (QED) is 0.412. The maximum atomic E-state index is 5.52. The lowest BCUT2D eigenvalue weighted by Crippen LogP contribution is -2.40. The summed E-state index contributed by atoms with van der Waals surface area (Å²) in [5.74, 6) is 2.74. The summed E-state index contributed by atoms with van der Waals surface area (Å²) in [6.45, 7) is 10.2. The van der Waals surface area contributed by atoms with Crippen molar-refractivity contribution in [2.45, 2.75) is 43.9 Å². The summed E-state index contributed by atoms with van der Waals surface area (Å²) in [5.41, 5.74) is 5.27. The second-order valence-corrected chi connectivity index (χ2v) is 12.2. The van der Waals surface area contributed by atoms with Gasteiger partial charge in [0.1, 0.15) is 11.6 Å². The molecule has 2 saturated heterocycles. The van der Waals surface area contributed by atoms with E-state index in [2.05, 4.69) is 90.1 Å². The second kappa shape index (κ2) is 10.9. The summed E-state index contributed by atoms with van der Waals surface area (Å²) >= 11 is 0. The monoisotopic (exact) mass is 528 g/mol. The van der Waals surface area contributed by atoms with Gasteiger partial charge in [-0.25, -0.2) is 9.97 Å². The number of morpholine rings is 1. The maximum absolute atomic E-state index is 5.52. The molecule has 208 valence electrons. The molecular weight excluding hydrogens is 484 g/mol. The Labute approximate surface area is 233 Å². The Morgan fingerprint density at radius 3 is 2.41 bits per heavy atom. The van der Waals surface area contributed by atoms with Crippen LogP contribution >= 0.6 is 0 Å². The van der Waals surface area contributed by atoms with Gasteiger partial charge in [-0.2, -0.15) is 0 Å². The van der Waals surface area contributed by atoms with Gasteiger partial charge < -0.3 is 19.4 Å². The molecule has 7 heteroatoms. The van der Waals surface area contributed by atoms with Gasteiger partial charge in [-0.15, -0.1) is 0 Å². The van der Waals surface area contributed by atoms with Crippen molar-refractivity contribution in [3.8, 4) is 0 Å². The number of rotatable bonds is 8. The molecule has 3 aromatic rings. The van der Waals surface area contributed by atoms with Gasteiger partial charge in [0.05, 0.1) is 18.7 Å². The van der Waals surface area contributed by atoms with E-state index in [1.54, 1.807) is 0 Å². The van der Waals surface area contributed by atoms with Crippen LogP contribution in [0.4, 0.5) is 17.2 Å². The molecule has 6 rings (SSSR count). The molecule has 7 nitrogen and oxygen atoms in total. The van der Waals surface area contributed by atoms with Crippen LogP contribution in [-0.4, -0.2) is 88.5 Å². The zero-order valence-corrected chi connectivity index (χ0v) is 24.2. The Balaban J connectivity index is 1.25. The number of hydrogen-bond acceptors (Lipinski definition) is 7. The molecule has 3 aliphatic rings. The smallest absolute Gasteiger partial charge is 0.140 e. The van der Waals surface area contributed by atoms with Crippen molar-refractivity contribution in [3.63, 3.8) is 0 Å². The van der Waals surface area contributed by atoms with E-state index in [4.69, 9.17) is 14.7 Å². The third-order valence-corrected chi connectivity index (χ3v) is 9.15. The molecule has 0 N–H and O–H groups in total. The molecule has 2 aliphatic heterocycles. The molecular formula is C32H44N6O. The number of hydrogen-bond donors (Lipinski definition) is 0. The lowest BCUT2D eigenvalue weighted by Gasteiger charge is -2.35. The fraction of sp³-hybridized carbons (Fsp3) is 0.562. The van der Waals surface area contributed by atoms with E-state index in [0.29, 0.717) is 5.92 Å². The third kappa shape index (κ3) is 5.57. The number of nitrogens with zero attached hydrogens (tertiary/aromatic N) is 6. The van der Waals surface area contributed by atoms with Crippen molar-refractivity contribution in [3.05, 3.63) is 53.9 Å². The number of likely N-dealkylation sites (N-methyl/N-ethyl adjacent to an activating group) is 1. The summed E-state index contributed by atoms with van der Waals surface area (Å²) in [7, 11) is 6.50. The van der Waals surface area contributed by atoms with Gasteiger partial charge in [-0.05, 0) is 61.4 Å². The van der Waals surface area contributed by atoms with E-state index in [9.17, 15) is 0 Å². The lowest BCUT2D eigenvalue weighted by molar-refractivity contribution is 0.0393. The van der Waals surface area contributed by atoms with Crippen molar-refractivity contribution < 1.29 is 4.74 Å². The summed E-state index contributed by atoms with van der Waals surface area (Å²) < 4.78 is 5.52. The van der Waals surface area contributed by atoms with Crippen LogP contribution in [0.1, 0.15) is 49.9 Å². The number of aromatic nitrogens is 2. The highest BCUT2D eigenvalue weighted by Gasteiger charge is 2.43. The van der Waals surface area contributed by atoms with Gasteiger partial charge in [0.2, 0.25) is 0 Å². The standard InChI is InChI=1S/C32H44N6O/c1-32(13-14-32)31-33-28-10-9-25(36(4)17-18-37-19-21-39-22-20-37)23-27(28)30(34-31)38-15-11-24(12-16-38)26-7-5-6-8-29(26)35(2)3/h5-10,23-24H,11-22H2,1-4H3. The van der Waals surface area contributed by atoms with Crippen LogP contribution in [0.15, 0.2) is 42.5 Å². The fourth-order valence-electron chi connectivity index (χ4n) is 6.15. The zero-order valence-electron chi connectivity index (χ0n) is 24.2. The average Bonchev–Trinajstić information content (AvgIpc) is 3.74. The fourth-order valence-corrected chi connectivity index (χ4v) is 6.15. The molecule has 1 aliphatic carbocycles. The summed E-state index contributed by atoms with van der Waals surface area (Å²) in [4.78, 5) is 20.0. The first kappa shape index (κ1) is 26.3. The van der Waals surface area contributed by atoms with Crippen LogP contribution in [0.25, 0.3) is 10.9 Å². The lowest BCUT2D eigenvalue weighted by atomic mass is 9.88. The number of piperidine rings is 1. The Hall–Kier alpha value is -2.90. The number of ether oxygens (including phenoxy) is 1. The maximum Gasteiger partial charge on any atom is 0.140 e. The Kier molecular flexibility index (Phi) is 7.38. The van der Waals surface area contributed by atoms with Crippen molar-refractivity contribution in [2.75, 3.05) is 88.3 Å². The molecule has 1 aromatic heterocycles. The van der Waals surface area contributed by atoms with Gasteiger partial charge in [0.25, 0.3) is 0 Å². The molecule has 0 spiro atoms. The molecule has 2 aromatic carbocycles. The highest BCUT2D eigenvalue weighted by atomic mass is 16.5. The predicted octanol–water partition coefficient (Wildman–Crippen LogP) is 4.90. The minimum Gasteiger partial charge on any atom is -0.379 e. The van der Waals surface area contributed by atoms with Crippen LogP contribution in [0.5, 0.6) is 0 Å². The predicted molar refractivity (Wildman–Crippen MR) is 162 cm³/mol. The minimum atomic E-state index is 0.138. The Morgan fingerprint density at radius 1 is 0.949 bits per heavy atom. The average molecular weight is 529 g/mol. The largest absolute Gasteiger partial charge is 0.379 e. The molecule has 1 saturated carbocycles. The normalized spacial score (nSPS) is 19.8. The van der Waals surface area contributed by atoms with Gasteiger partial charge in [0.15, 0.2) is 0 Å². The summed E-state index contributed by atoms with van der Waals surface area (Å²) in [5, 5.41) is 1.19. The molecule has 0 unspecified atom stereocenters. The summed E-state index contributed by atoms with van der Waals surface area (Å²) in [6, 6.07) is 15.7.